The summed E-state index contributed by atoms with van der Waals surface area (Å²) in [5.41, 5.74) is 2.22. The van der Waals surface area contributed by atoms with Crippen LogP contribution in [0.15, 0.2) is 22.7 Å². The van der Waals surface area contributed by atoms with Gasteiger partial charge in [-0.2, -0.15) is 0 Å². The standard InChI is InChI=1S/C13H18BrNO2/c1-4-10(13(16)17)8-15(3)12-7-11(14)6-5-9(12)2/h5-7,10H,4,8H2,1-3H3,(H,16,17). The average Bonchev–Trinajstić information content (AvgIpc) is 2.28. The topological polar surface area (TPSA) is 40.5 Å². The van der Waals surface area contributed by atoms with Crippen molar-refractivity contribution in [1.29, 1.82) is 0 Å². The lowest BCUT2D eigenvalue weighted by molar-refractivity contribution is -0.141. The Morgan fingerprint density at radius 3 is 2.71 bits per heavy atom. The van der Waals surface area contributed by atoms with E-state index in [4.69, 9.17) is 5.11 Å². The molecule has 3 nitrogen and oxygen atoms in total. The minimum Gasteiger partial charge on any atom is -0.481 e. The Labute approximate surface area is 111 Å². The molecule has 0 aliphatic heterocycles. The zero-order valence-electron chi connectivity index (χ0n) is 10.4. The maximum atomic E-state index is 11.0. The number of carboxylic acids is 1. The van der Waals surface area contributed by atoms with E-state index in [0.717, 1.165) is 15.7 Å². The largest absolute Gasteiger partial charge is 0.481 e. The predicted octanol–water partition coefficient (Wildman–Crippen LogP) is 3.30. The van der Waals surface area contributed by atoms with Crippen molar-refractivity contribution in [1.82, 2.24) is 0 Å². The third kappa shape index (κ3) is 3.73. The number of carbonyl (C=O) groups is 1. The van der Waals surface area contributed by atoms with Crippen LogP contribution in [0.4, 0.5) is 5.69 Å². The van der Waals surface area contributed by atoms with E-state index in [1.54, 1.807) is 0 Å². The summed E-state index contributed by atoms with van der Waals surface area (Å²) < 4.78 is 1.01. The average molecular weight is 300 g/mol. The minimum absolute atomic E-state index is 0.321. The smallest absolute Gasteiger partial charge is 0.308 e. The van der Waals surface area contributed by atoms with E-state index in [1.165, 1.54) is 0 Å². The van der Waals surface area contributed by atoms with Gasteiger partial charge in [-0.05, 0) is 31.0 Å². The van der Waals surface area contributed by atoms with Crippen molar-refractivity contribution in [2.45, 2.75) is 20.3 Å². The first-order valence-electron chi connectivity index (χ1n) is 5.65. The van der Waals surface area contributed by atoms with Gasteiger partial charge in [0, 0.05) is 23.8 Å². The van der Waals surface area contributed by atoms with Crippen molar-refractivity contribution in [3.8, 4) is 0 Å². The molecule has 0 bridgehead atoms. The Kier molecular flexibility index (Phi) is 5.00. The lowest BCUT2D eigenvalue weighted by atomic mass is 10.1. The molecule has 17 heavy (non-hydrogen) atoms. The summed E-state index contributed by atoms with van der Waals surface area (Å²) in [5.74, 6) is -1.05. The molecule has 0 saturated heterocycles. The molecule has 1 N–H and O–H groups in total. The highest BCUT2D eigenvalue weighted by Gasteiger charge is 2.18. The molecule has 1 atom stereocenters. The highest BCUT2D eigenvalue weighted by atomic mass is 79.9. The molecule has 1 rings (SSSR count). The predicted molar refractivity (Wildman–Crippen MR) is 73.6 cm³/mol. The second kappa shape index (κ2) is 6.05. The summed E-state index contributed by atoms with van der Waals surface area (Å²) in [7, 11) is 1.93. The number of hydrogen-bond acceptors (Lipinski definition) is 2. The number of rotatable bonds is 5. The number of nitrogens with zero attached hydrogens (tertiary/aromatic N) is 1. The number of hydrogen-bond donors (Lipinski definition) is 1. The molecule has 0 aliphatic carbocycles. The Hall–Kier alpha value is -1.03. The summed E-state index contributed by atoms with van der Waals surface area (Å²) in [6, 6.07) is 6.03. The van der Waals surface area contributed by atoms with Crippen LogP contribution in [0.25, 0.3) is 0 Å². The molecule has 1 unspecified atom stereocenters. The van der Waals surface area contributed by atoms with Gasteiger partial charge in [0.15, 0.2) is 0 Å². The summed E-state index contributed by atoms with van der Waals surface area (Å²) in [6.07, 6.45) is 0.646. The van der Waals surface area contributed by atoms with E-state index >= 15 is 0 Å². The van der Waals surface area contributed by atoms with Crippen molar-refractivity contribution < 1.29 is 9.90 Å². The molecule has 4 heteroatoms. The van der Waals surface area contributed by atoms with Crippen LogP contribution < -0.4 is 4.90 Å². The van der Waals surface area contributed by atoms with E-state index in [1.807, 2.05) is 44.0 Å². The summed E-state index contributed by atoms with van der Waals surface area (Å²) in [5, 5.41) is 9.06. The van der Waals surface area contributed by atoms with E-state index in [2.05, 4.69) is 15.9 Å². The molecule has 0 radical (unpaired) electrons. The quantitative estimate of drug-likeness (QED) is 0.907. The van der Waals surface area contributed by atoms with Crippen LogP contribution in [0.1, 0.15) is 18.9 Å². The van der Waals surface area contributed by atoms with Crippen LogP contribution in [0.5, 0.6) is 0 Å². The van der Waals surface area contributed by atoms with Crippen molar-refractivity contribution in [3.05, 3.63) is 28.2 Å². The van der Waals surface area contributed by atoms with Gasteiger partial charge in [0.2, 0.25) is 0 Å². The van der Waals surface area contributed by atoms with Crippen LogP contribution in [0.2, 0.25) is 0 Å². The Morgan fingerprint density at radius 2 is 2.18 bits per heavy atom. The van der Waals surface area contributed by atoms with E-state index < -0.39 is 5.97 Å². The third-order valence-corrected chi connectivity index (χ3v) is 3.41. The molecular weight excluding hydrogens is 282 g/mol. The molecule has 0 saturated carbocycles. The van der Waals surface area contributed by atoms with Gasteiger partial charge in [0.1, 0.15) is 0 Å². The van der Waals surface area contributed by atoms with Gasteiger partial charge < -0.3 is 10.0 Å². The fourth-order valence-corrected chi connectivity index (χ4v) is 2.15. The van der Waals surface area contributed by atoms with Crippen LogP contribution >= 0.6 is 15.9 Å². The number of halogens is 1. The second-order valence-corrected chi connectivity index (χ2v) is 5.17. The number of carboxylic acid groups (broad SMARTS) is 1. The molecule has 0 aromatic heterocycles. The first-order valence-corrected chi connectivity index (χ1v) is 6.45. The van der Waals surface area contributed by atoms with Crippen molar-refractivity contribution in [3.63, 3.8) is 0 Å². The minimum atomic E-state index is -0.730. The van der Waals surface area contributed by atoms with E-state index in [0.29, 0.717) is 13.0 Å². The highest BCUT2D eigenvalue weighted by molar-refractivity contribution is 9.10. The second-order valence-electron chi connectivity index (χ2n) is 4.25. The summed E-state index contributed by atoms with van der Waals surface area (Å²) in [6.45, 7) is 4.46. The van der Waals surface area contributed by atoms with E-state index in [9.17, 15) is 4.79 Å². The normalized spacial score (nSPS) is 12.2. The molecule has 0 spiro atoms. The molecule has 1 aromatic carbocycles. The highest BCUT2D eigenvalue weighted by Crippen LogP contribution is 2.24. The van der Waals surface area contributed by atoms with Gasteiger partial charge >= 0.3 is 5.97 Å². The fourth-order valence-electron chi connectivity index (χ4n) is 1.80. The Morgan fingerprint density at radius 1 is 1.53 bits per heavy atom. The van der Waals surface area contributed by atoms with Gasteiger partial charge in [0.25, 0.3) is 0 Å². The number of benzene rings is 1. The summed E-state index contributed by atoms with van der Waals surface area (Å²) >= 11 is 3.43. The third-order valence-electron chi connectivity index (χ3n) is 2.92. The summed E-state index contributed by atoms with van der Waals surface area (Å²) in [4.78, 5) is 13.0. The number of aryl methyl sites for hydroxylation is 1. The van der Waals surface area contributed by atoms with Crippen LogP contribution in [-0.2, 0) is 4.79 Å². The van der Waals surface area contributed by atoms with E-state index in [-0.39, 0.29) is 5.92 Å². The molecular formula is C13H18BrNO2. The van der Waals surface area contributed by atoms with Crippen LogP contribution in [-0.4, -0.2) is 24.7 Å². The molecule has 94 valence electrons. The molecule has 0 aliphatic rings. The lowest BCUT2D eigenvalue weighted by Crippen LogP contribution is -2.30. The zero-order chi connectivity index (χ0) is 13.0. The molecule has 0 fully saturated rings. The van der Waals surface area contributed by atoms with Crippen molar-refractivity contribution in [2.24, 2.45) is 5.92 Å². The van der Waals surface area contributed by atoms with Crippen LogP contribution in [0, 0.1) is 12.8 Å². The lowest BCUT2D eigenvalue weighted by Gasteiger charge is -2.24. The van der Waals surface area contributed by atoms with Gasteiger partial charge in [-0.15, -0.1) is 0 Å². The maximum Gasteiger partial charge on any atom is 0.308 e. The Bertz CT molecular complexity index is 406. The molecule has 0 heterocycles. The monoisotopic (exact) mass is 299 g/mol. The zero-order valence-corrected chi connectivity index (χ0v) is 12.0. The number of aliphatic carboxylic acids is 1. The SMILES string of the molecule is CCC(CN(C)c1cc(Br)ccc1C)C(=O)O. The fraction of sp³-hybridized carbons (Fsp3) is 0.462. The molecule has 0 amide bonds. The first kappa shape index (κ1) is 14.0. The molecule has 1 aromatic rings. The van der Waals surface area contributed by atoms with Gasteiger partial charge in [0.05, 0.1) is 5.92 Å². The van der Waals surface area contributed by atoms with Gasteiger partial charge in [-0.1, -0.05) is 28.9 Å². The van der Waals surface area contributed by atoms with Gasteiger partial charge in [-0.25, -0.2) is 0 Å². The van der Waals surface area contributed by atoms with Gasteiger partial charge in [-0.3, -0.25) is 4.79 Å². The van der Waals surface area contributed by atoms with Crippen molar-refractivity contribution in [2.75, 3.05) is 18.5 Å². The number of anilines is 1. The first-order chi connectivity index (χ1) is 7.95. The van der Waals surface area contributed by atoms with Crippen molar-refractivity contribution >= 4 is 27.6 Å². The Balaban J connectivity index is 2.85. The van der Waals surface area contributed by atoms with Crippen LogP contribution in [0.3, 0.4) is 0 Å². The maximum absolute atomic E-state index is 11.0.